The Morgan fingerprint density at radius 3 is 2.42 bits per heavy atom. The lowest BCUT2D eigenvalue weighted by Crippen LogP contribution is -2.40. The lowest BCUT2D eigenvalue weighted by atomic mass is 10.2. The van der Waals surface area contributed by atoms with E-state index in [-0.39, 0.29) is 5.69 Å². The molecule has 2 aromatic rings. The van der Waals surface area contributed by atoms with Crippen LogP contribution >= 0.6 is 22.6 Å². The van der Waals surface area contributed by atoms with E-state index in [9.17, 15) is 19.7 Å². The number of carbonyl (C=O) groups is 2. The third-order valence-corrected chi connectivity index (χ3v) is 4.09. The molecule has 26 heavy (non-hydrogen) atoms. The highest BCUT2D eigenvalue weighted by Gasteiger charge is 2.09. The largest absolute Gasteiger partial charge is 0.496 e. The summed E-state index contributed by atoms with van der Waals surface area (Å²) in [6.45, 7) is 0. The Morgan fingerprint density at radius 2 is 1.85 bits per heavy atom. The third kappa shape index (κ3) is 5.28. The van der Waals surface area contributed by atoms with E-state index < -0.39 is 16.7 Å². The Bertz CT molecular complexity index is 865. The molecule has 8 nitrogen and oxygen atoms in total. The molecule has 2 rings (SSSR count). The van der Waals surface area contributed by atoms with Crippen molar-refractivity contribution in [2.24, 2.45) is 0 Å². The van der Waals surface area contributed by atoms with Gasteiger partial charge in [-0.1, -0.05) is 0 Å². The van der Waals surface area contributed by atoms with Gasteiger partial charge < -0.3 is 4.74 Å². The van der Waals surface area contributed by atoms with Crippen LogP contribution in [0.5, 0.6) is 5.75 Å². The summed E-state index contributed by atoms with van der Waals surface area (Å²) in [5.41, 5.74) is 5.51. The van der Waals surface area contributed by atoms with Gasteiger partial charge in [0.2, 0.25) is 0 Å². The maximum absolute atomic E-state index is 12.0. The molecule has 0 radical (unpaired) electrons. The number of nitro benzene ring substituents is 1. The van der Waals surface area contributed by atoms with Crippen molar-refractivity contribution < 1.29 is 19.2 Å². The molecule has 0 unspecified atom stereocenters. The Labute approximate surface area is 162 Å². The van der Waals surface area contributed by atoms with Crippen molar-refractivity contribution in [3.8, 4) is 5.75 Å². The molecule has 2 amide bonds. The molecule has 0 fully saturated rings. The quantitative estimate of drug-likeness (QED) is 0.304. The van der Waals surface area contributed by atoms with Crippen molar-refractivity contribution in [2.75, 3.05) is 7.11 Å². The van der Waals surface area contributed by atoms with E-state index in [1.54, 1.807) is 18.2 Å². The van der Waals surface area contributed by atoms with Crippen LogP contribution in [0.3, 0.4) is 0 Å². The zero-order chi connectivity index (χ0) is 19.1. The normalized spacial score (nSPS) is 10.4. The first kappa shape index (κ1) is 19.4. The van der Waals surface area contributed by atoms with Gasteiger partial charge in [0.05, 0.1) is 15.6 Å². The van der Waals surface area contributed by atoms with Gasteiger partial charge in [-0.3, -0.25) is 30.6 Å². The van der Waals surface area contributed by atoms with Crippen LogP contribution in [0.2, 0.25) is 0 Å². The van der Waals surface area contributed by atoms with Crippen LogP contribution in [-0.4, -0.2) is 23.8 Å². The van der Waals surface area contributed by atoms with E-state index in [1.165, 1.54) is 43.5 Å². The van der Waals surface area contributed by atoms with Crippen LogP contribution in [0.4, 0.5) is 5.69 Å². The van der Waals surface area contributed by atoms with Gasteiger partial charge in [-0.25, -0.2) is 0 Å². The maximum Gasteiger partial charge on any atom is 0.269 e. The molecule has 0 aliphatic rings. The lowest BCUT2D eigenvalue weighted by molar-refractivity contribution is -0.384. The Hall–Kier alpha value is -2.95. The second-order valence-electron chi connectivity index (χ2n) is 4.97. The van der Waals surface area contributed by atoms with Gasteiger partial charge >= 0.3 is 0 Å². The number of carbonyl (C=O) groups excluding carboxylic acids is 2. The fourth-order valence-electron chi connectivity index (χ4n) is 1.92. The first-order chi connectivity index (χ1) is 12.4. The van der Waals surface area contributed by atoms with Crippen LogP contribution in [0.25, 0.3) is 6.08 Å². The minimum Gasteiger partial charge on any atom is -0.496 e. The molecular weight excluding hydrogens is 453 g/mol. The molecule has 0 aliphatic carbocycles. The number of nitrogens with one attached hydrogen (secondary N) is 2. The van der Waals surface area contributed by atoms with E-state index in [4.69, 9.17) is 4.74 Å². The number of ether oxygens (including phenoxy) is 1. The number of hydrogen-bond donors (Lipinski definition) is 2. The van der Waals surface area contributed by atoms with Gasteiger partial charge in [-0.15, -0.1) is 0 Å². The standard InChI is InChI=1S/C17H14IN3O5/c1-26-15-8-5-12(10-14(15)18)17(23)20-19-16(22)9-4-11-2-6-13(7-3-11)21(24)25/h2-10H,1H3,(H,19,22)(H,20,23)/b9-4+. The van der Waals surface area contributed by atoms with Crippen molar-refractivity contribution in [3.05, 3.63) is 73.4 Å². The fraction of sp³-hybridized carbons (Fsp3) is 0.0588. The Morgan fingerprint density at radius 1 is 1.15 bits per heavy atom. The van der Waals surface area contributed by atoms with Gasteiger partial charge in [0, 0.05) is 23.8 Å². The second-order valence-corrected chi connectivity index (χ2v) is 6.14. The summed E-state index contributed by atoms with van der Waals surface area (Å²) in [5.74, 6) is -0.361. The smallest absolute Gasteiger partial charge is 0.269 e. The number of methoxy groups -OCH3 is 1. The van der Waals surface area contributed by atoms with Gasteiger partial charge in [0.25, 0.3) is 17.5 Å². The van der Waals surface area contributed by atoms with Gasteiger partial charge in [0.15, 0.2) is 0 Å². The Balaban J connectivity index is 1.90. The van der Waals surface area contributed by atoms with Gasteiger partial charge in [-0.05, 0) is 64.6 Å². The Kier molecular flexibility index (Phi) is 6.67. The summed E-state index contributed by atoms with van der Waals surface area (Å²) in [6.07, 6.45) is 2.68. The van der Waals surface area contributed by atoms with Gasteiger partial charge in [-0.2, -0.15) is 0 Å². The van der Waals surface area contributed by atoms with E-state index in [2.05, 4.69) is 10.9 Å². The molecule has 134 valence electrons. The van der Waals surface area contributed by atoms with Crippen LogP contribution in [0, 0.1) is 13.7 Å². The summed E-state index contributed by atoms with van der Waals surface area (Å²) in [6, 6.07) is 10.6. The molecule has 0 atom stereocenters. The predicted octanol–water partition coefficient (Wildman–Crippen LogP) is 2.68. The zero-order valence-corrected chi connectivity index (χ0v) is 15.7. The second kappa shape index (κ2) is 8.94. The number of hydrazine groups is 1. The average Bonchev–Trinajstić information content (AvgIpc) is 2.64. The van der Waals surface area contributed by atoms with Crippen LogP contribution in [0.15, 0.2) is 48.5 Å². The number of amides is 2. The average molecular weight is 467 g/mol. The maximum atomic E-state index is 12.0. The minimum absolute atomic E-state index is 0.0343. The van der Waals surface area contributed by atoms with Crippen molar-refractivity contribution in [1.82, 2.24) is 10.9 Å². The molecule has 0 aromatic heterocycles. The minimum atomic E-state index is -0.542. The summed E-state index contributed by atoms with van der Waals surface area (Å²) in [4.78, 5) is 33.8. The molecule has 0 heterocycles. The first-order valence-corrected chi connectivity index (χ1v) is 8.35. The molecule has 0 bridgehead atoms. The fourth-order valence-corrected chi connectivity index (χ4v) is 2.65. The number of halogens is 1. The van der Waals surface area contributed by atoms with E-state index in [0.29, 0.717) is 16.9 Å². The van der Waals surface area contributed by atoms with Crippen LogP contribution in [-0.2, 0) is 4.79 Å². The predicted molar refractivity (Wildman–Crippen MR) is 103 cm³/mol. The summed E-state index contributed by atoms with van der Waals surface area (Å²) in [7, 11) is 1.54. The van der Waals surface area contributed by atoms with Crippen molar-refractivity contribution in [3.63, 3.8) is 0 Å². The molecule has 0 saturated heterocycles. The van der Waals surface area contributed by atoms with Crippen LogP contribution in [0.1, 0.15) is 15.9 Å². The molecule has 0 spiro atoms. The van der Waals surface area contributed by atoms with Gasteiger partial charge in [0.1, 0.15) is 5.75 Å². The zero-order valence-electron chi connectivity index (χ0n) is 13.6. The lowest BCUT2D eigenvalue weighted by Gasteiger charge is -2.07. The SMILES string of the molecule is COc1ccc(C(=O)NNC(=O)/C=C/c2ccc([N+](=O)[O-])cc2)cc1I. The van der Waals surface area contributed by atoms with E-state index in [1.807, 2.05) is 22.6 Å². The van der Waals surface area contributed by atoms with Crippen molar-refractivity contribution in [1.29, 1.82) is 0 Å². The highest BCUT2D eigenvalue weighted by Crippen LogP contribution is 2.21. The molecule has 0 aliphatic heterocycles. The number of nitrogens with zero attached hydrogens (tertiary/aromatic N) is 1. The molecule has 2 N–H and O–H groups in total. The molecular formula is C17H14IN3O5. The number of benzene rings is 2. The van der Waals surface area contributed by atoms with Crippen molar-refractivity contribution >= 4 is 46.2 Å². The monoisotopic (exact) mass is 467 g/mol. The van der Waals surface area contributed by atoms with Crippen molar-refractivity contribution in [2.45, 2.75) is 0 Å². The molecule has 2 aromatic carbocycles. The summed E-state index contributed by atoms with van der Waals surface area (Å²) >= 11 is 2.04. The highest BCUT2D eigenvalue weighted by molar-refractivity contribution is 14.1. The molecule has 0 saturated carbocycles. The van der Waals surface area contributed by atoms with E-state index in [0.717, 1.165) is 3.57 Å². The first-order valence-electron chi connectivity index (χ1n) is 7.27. The number of non-ortho nitro benzene ring substituents is 1. The van der Waals surface area contributed by atoms with Crippen LogP contribution < -0.4 is 15.6 Å². The number of rotatable bonds is 5. The molecule has 9 heteroatoms. The summed E-state index contributed by atoms with van der Waals surface area (Å²) in [5, 5.41) is 10.6. The highest BCUT2D eigenvalue weighted by atomic mass is 127. The third-order valence-electron chi connectivity index (χ3n) is 3.24. The summed E-state index contributed by atoms with van der Waals surface area (Å²) < 4.78 is 5.88. The van der Waals surface area contributed by atoms with E-state index >= 15 is 0 Å². The number of nitro groups is 1. The number of hydrogen-bond acceptors (Lipinski definition) is 5. The topological polar surface area (TPSA) is 111 Å².